The predicted octanol–water partition coefficient (Wildman–Crippen LogP) is 2.97. The standard InChI is InChI=1S/C14H27NO/c1-2-4-6-13(5-3-1)11-15-9-10-16-12-14-7-8-14/h13-15H,1-12H2. The molecule has 0 amide bonds. The molecule has 0 aliphatic heterocycles. The van der Waals surface area contributed by atoms with Gasteiger partial charge in [-0.15, -0.1) is 0 Å². The van der Waals surface area contributed by atoms with Gasteiger partial charge < -0.3 is 10.1 Å². The second-order valence-corrected chi connectivity index (χ2v) is 5.58. The molecule has 0 unspecified atom stereocenters. The van der Waals surface area contributed by atoms with E-state index in [2.05, 4.69) is 5.32 Å². The van der Waals surface area contributed by atoms with E-state index in [1.54, 1.807) is 0 Å². The Morgan fingerprint density at radius 2 is 1.62 bits per heavy atom. The Kier molecular flexibility index (Phi) is 5.64. The number of hydrogen-bond acceptors (Lipinski definition) is 2. The molecule has 0 saturated heterocycles. The topological polar surface area (TPSA) is 21.3 Å². The van der Waals surface area contributed by atoms with E-state index in [1.165, 1.54) is 57.9 Å². The third kappa shape index (κ3) is 5.31. The van der Waals surface area contributed by atoms with Crippen molar-refractivity contribution in [3.63, 3.8) is 0 Å². The van der Waals surface area contributed by atoms with Gasteiger partial charge in [-0.2, -0.15) is 0 Å². The lowest BCUT2D eigenvalue weighted by atomic mass is 10.0. The van der Waals surface area contributed by atoms with E-state index in [-0.39, 0.29) is 0 Å². The summed E-state index contributed by atoms with van der Waals surface area (Å²) in [7, 11) is 0. The van der Waals surface area contributed by atoms with Crippen LogP contribution in [0.4, 0.5) is 0 Å². The van der Waals surface area contributed by atoms with Crippen LogP contribution in [0.25, 0.3) is 0 Å². The SMILES string of the molecule is C1CCCC(CNCCOCC2CC2)CC1. The number of hydrogen-bond donors (Lipinski definition) is 1. The van der Waals surface area contributed by atoms with Gasteiger partial charge in [0.2, 0.25) is 0 Å². The minimum absolute atomic E-state index is 0.904. The van der Waals surface area contributed by atoms with E-state index in [4.69, 9.17) is 4.74 Å². The molecule has 0 heterocycles. The van der Waals surface area contributed by atoms with Crippen LogP contribution in [0.15, 0.2) is 0 Å². The first-order valence-corrected chi connectivity index (χ1v) is 7.23. The number of nitrogens with one attached hydrogen (secondary N) is 1. The molecule has 16 heavy (non-hydrogen) atoms. The highest BCUT2D eigenvalue weighted by Gasteiger charge is 2.20. The van der Waals surface area contributed by atoms with E-state index >= 15 is 0 Å². The summed E-state index contributed by atoms with van der Waals surface area (Å²) in [4.78, 5) is 0. The van der Waals surface area contributed by atoms with Crippen LogP contribution in [0, 0.1) is 11.8 Å². The average Bonchev–Trinajstić information content (AvgIpc) is 3.10. The third-order valence-electron chi connectivity index (χ3n) is 3.88. The second kappa shape index (κ2) is 7.29. The summed E-state index contributed by atoms with van der Waals surface area (Å²) < 4.78 is 5.61. The van der Waals surface area contributed by atoms with Gasteiger partial charge in [-0.25, -0.2) is 0 Å². The average molecular weight is 225 g/mol. The van der Waals surface area contributed by atoms with E-state index < -0.39 is 0 Å². The number of rotatable bonds is 7. The van der Waals surface area contributed by atoms with Crippen LogP contribution in [-0.2, 0) is 4.74 Å². The second-order valence-electron chi connectivity index (χ2n) is 5.58. The van der Waals surface area contributed by atoms with Crippen molar-refractivity contribution < 1.29 is 4.74 Å². The minimum Gasteiger partial charge on any atom is -0.380 e. The van der Waals surface area contributed by atoms with Gasteiger partial charge in [-0.3, -0.25) is 0 Å². The van der Waals surface area contributed by atoms with Crippen molar-refractivity contribution >= 4 is 0 Å². The molecular formula is C14H27NO. The summed E-state index contributed by atoms with van der Waals surface area (Å²) in [5.41, 5.74) is 0. The Bertz CT molecular complexity index is 172. The third-order valence-corrected chi connectivity index (χ3v) is 3.88. The molecule has 0 radical (unpaired) electrons. The molecule has 1 N–H and O–H groups in total. The van der Waals surface area contributed by atoms with Crippen molar-refractivity contribution in [1.29, 1.82) is 0 Å². The van der Waals surface area contributed by atoms with Crippen molar-refractivity contribution in [2.24, 2.45) is 11.8 Å². The van der Waals surface area contributed by atoms with Crippen molar-refractivity contribution in [2.75, 3.05) is 26.3 Å². The smallest absolute Gasteiger partial charge is 0.0591 e. The molecule has 2 nitrogen and oxygen atoms in total. The highest BCUT2D eigenvalue weighted by molar-refractivity contribution is 4.72. The first kappa shape index (κ1) is 12.4. The Morgan fingerprint density at radius 1 is 0.875 bits per heavy atom. The van der Waals surface area contributed by atoms with Gasteiger partial charge in [-0.05, 0) is 44.1 Å². The first-order chi connectivity index (χ1) is 7.95. The lowest BCUT2D eigenvalue weighted by molar-refractivity contribution is 0.125. The van der Waals surface area contributed by atoms with E-state index in [9.17, 15) is 0 Å². The fraction of sp³-hybridized carbons (Fsp3) is 1.00. The van der Waals surface area contributed by atoms with E-state index in [0.29, 0.717) is 0 Å². The summed E-state index contributed by atoms with van der Waals surface area (Å²) in [5.74, 6) is 1.84. The molecule has 94 valence electrons. The van der Waals surface area contributed by atoms with Crippen molar-refractivity contribution in [3.8, 4) is 0 Å². The monoisotopic (exact) mass is 225 g/mol. The molecule has 2 fully saturated rings. The van der Waals surface area contributed by atoms with Crippen LogP contribution in [0.5, 0.6) is 0 Å². The molecule has 2 rings (SSSR count). The maximum Gasteiger partial charge on any atom is 0.0591 e. The van der Waals surface area contributed by atoms with Crippen LogP contribution in [-0.4, -0.2) is 26.3 Å². The van der Waals surface area contributed by atoms with Gasteiger partial charge in [-0.1, -0.05) is 25.7 Å². The quantitative estimate of drug-likeness (QED) is 0.531. The molecule has 2 aliphatic carbocycles. The Morgan fingerprint density at radius 3 is 2.31 bits per heavy atom. The maximum atomic E-state index is 5.61. The van der Waals surface area contributed by atoms with Crippen LogP contribution < -0.4 is 5.32 Å². The molecule has 0 aromatic rings. The van der Waals surface area contributed by atoms with Gasteiger partial charge in [0, 0.05) is 13.2 Å². The van der Waals surface area contributed by atoms with Crippen molar-refractivity contribution in [2.45, 2.75) is 51.4 Å². The summed E-state index contributed by atoms with van der Waals surface area (Å²) in [6.45, 7) is 4.17. The normalized spacial score (nSPS) is 23.2. The maximum absolute atomic E-state index is 5.61. The largest absolute Gasteiger partial charge is 0.380 e. The summed E-state index contributed by atoms with van der Waals surface area (Å²) >= 11 is 0. The summed E-state index contributed by atoms with van der Waals surface area (Å²) in [6.07, 6.45) is 11.5. The fourth-order valence-corrected chi connectivity index (χ4v) is 2.55. The van der Waals surface area contributed by atoms with Crippen LogP contribution in [0.2, 0.25) is 0 Å². The molecule has 2 saturated carbocycles. The first-order valence-electron chi connectivity index (χ1n) is 7.23. The summed E-state index contributed by atoms with van der Waals surface area (Å²) in [6, 6.07) is 0. The Balaban J connectivity index is 1.40. The van der Waals surface area contributed by atoms with Crippen molar-refractivity contribution in [3.05, 3.63) is 0 Å². The van der Waals surface area contributed by atoms with Gasteiger partial charge in [0.25, 0.3) is 0 Å². The lowest BCUT2D eigenvalue weighted by Crippen LogP contribution is -2.26. The van der Waals surface area contributed by atoms with Crippen LogP contribution >= 0.6 is 0 Å². The zero-order valence-corrected chi connectivity index (χ0v) is 10.5. The molecular weight excluding hydrogens is 198 g/mol. The lowest BCUT2D eigenvalue weighted by Gasteiger charge is -2.14. The zero-order valence-electron chi connectivity index (χ0n) is 10.5. The van der Waals surface area contributed by atoms with Gasteiger partial charge >= 0.3 is 0 Å². The predicted molar refractivity (Wildman–Crippen MR) is 67.6 cm³/mol. The Hall–Kier alpha value is -0.0800. The van der Waals surface area contributed by atoms with Crippen LogP contribution in [0.3, 0.4) is 0 Å². The highest BCUT2D eigenvalue weighted by Crippen LogP contribution is 2.28. The molecule has 2 aliphatic rings. The van der Waals surface area contributed by atoms with Crippen LogP contribution in [0.1, 0.15) is 51.4 Å². The van der Waals surface area contributed by atoms with Gasteiger partial charge in [0.15, 0.2) is 0 Å². The van der Waals surface area contributed by atoms with E-state index in [1.807, 2.05) is 0 Å². The van der Waals surface area contributed by atoms with E-state index in [0.717, 1.165) is 31.6 Å². The molecule has 0 aromatic heterocycles. The van der Waals surface area contributed by atoms with Gasteiger partial charge in [0.05, 0.1) is 6.61 Å². The summed E-state index contributed by atoms with van der Waals surface area (Å²) in [5, 5.41) is 3.55. The molecule has 0 bridgehead atoms. The fourth-order valence-electron chi connectivity index (χ4n) is 2.55. The molecule has 2 heteroatoms. The van der Waals surface area contributed by atoms with Crippen molar-refractivity contribution in [1.82, 2.24) is 5.32 Å². The number of ether oxygens (including phenoxy) is 1. The highest BCUT2D eigenvalue weighted by atomic mass is 16.5. The molecule has 0 spiro atoms. The minimum atomic E-state index is 0.904. The molecule has 0 aromatic carbocycles. The zero-order chi connectivity index (χ0) is 11.1. The van der Waals surface area contributed by atoms with Gasteiger partial charge in [0.1, 0.15) is 0 Å². The Labute approximate surface area is 100 Å². The molecule has 0 atom stereocenters.